The lowest BCUT2D eigenvalue weighted by molar-refractivity contribution is -0.143. The molecule has 16 heteroatoms. The van der Waals surface area contributed by atoms with E-state index in [1.54, 1.807) is 6.26 Å². The molecule has 0 heterocycles. The number of nitrogens with one attached hydrogen (secondary N) is 3. The van der Waals surface area contributed by atoms with Crippen molar-refractivity contribution in [2.45, 2.75) is 56.3 Å². The van der Waals surface area contributed by atoms with Gasteiger partial charge in [-0.25, -0.2) is 4.79 Å². The SMILES string of the molecule is CSCCC(NC(=O)C(CCCN=C(N)N)NC(=O)C(N)CCC(N)=O)C(=O)NC(CO)C(=O)O. The van der Waals surface area contributed by atoms with Gasteiger partial charge in [-0.05, 0) is 37.7 Å². The molecule has 15 nitrogen and oxygen atoms in total. The third-order valence-electron chi connectivity index (χ3n) is 4.66. The van der Waals surface area contributed by atoms with Gasteiger partial charge in [0.1, 0.15) is 18.1 Å². The Morgan fingerprint density at radius 3 is 1.91 bits per heavy atom. The molecule has 0 saturated carbocycles. The van der Waals surface area contributed by atoms with Crippen LogP contribution in [0.2, 0.25) is 0 Å². The van der Waals surface area contributed by atoms with Gasteiger partial charge in [0.25, 0.3) is 0 Å². The van der Waals surface area contributed by atoms with Gasteiger partial charge < -0.3 is 49.1 Å². The van der Waals surface area contributed by atoms with E-state index in [-0.39, 0.29) is 38.2 Å². The highest BCUT2D eigenvalue weighted by Gasteiger charge is 2.29. The van der Waals surface area contributed by atoms with Gasteiger partial charge in [0.15, 0.2) is 5.96 Å². The van der Waals surface area contributed by atoms with Crippen LogP contribution in [-0.4, -0.2) is 95.1 Å². The number of nitrogens with zero attached hydrogens (tertiary/aromatic N) is 1. The van der Waals surface area contributed by atoms with Crippen molar-refractivity contribution < 1.29 is 34.2 Å². The number of nitrogens with two attached hydrogens (primary N) is 4. The molecule has 0 rings (SSSR count). The molecule has 4 atom stereocenters. The van der Waals surface area contributed by atoms with Gasteiger partial charge in [-0.1, -0.05) is 0 Å². The van der Waals surface area contributed by atoms with Crippen LogP contribution in [0.15, 0.2) is 4.99 Å². The lowest BCUT2D eigenvalue weighted by Gasteiger charge is -2.25. The fourth-order valence-corrected chi connectivity index (χ4v) is 3.19. The molecule has 0 radical (unpaired) electrons. The van der Waals surface area contributed by atoms with Crippen molar-refractivity contribution in [1.82, 2.24) is 16.0 Å². The summed E-state index contributed by atoms with van der Waals surface area (Å²) in [5.74, 6) is -4.00. The van der Waals surface area contributed by atoms with Crippen molar-refractivity contribution in [1.29, 1.82) is 0 Å². The summed E-state index contributed by atoms with van der Waals surface area (Å²) < 4.78 is 0. The molecule has 0 bridgehead atoms. The highest BCUT2D eigenvalue weighted by Crippen LogP contribution is 2.06. The Balaban J connectivity index is 5.48. The number of rotatable bonds is 18. The third-order valence-corrected chi connectivity index (χ3v) is 5.30. The Kier molecular flexibility index (Phi) is 15.8. The van der Waals surface area contributed by atoms with E-state index in [0.717, 1.165) is 0 Å². The second kappa shape index (κ2) is 17.3. The molecule has 0 fully saturated rings. The zero-order valence-electron chi connectivity index (χ0n) is 19.6. The molecular formula is C19H36N8O7S. The van der Waals surface area contributed by atoms with Gasteiger partial charge in [0.05, 0.1) is 12.6 Å². The average molecular weight is 521 g/mol. The predicted molar refractivity (Wildman–Crippen MR) is 130 cm³/mol. The fraction of sp³-hybridized carbons (Fsp3) is 0.684. The highest BCUT2D eigenvalue weighted by atomic mass is 32.2. The summed E-state index contributed by atoms with van der Waals surface area (Å²) >= 11 is 1.40. The maximum absolute atomic E-state index is 13.0. The Morgan fingerprint density at radius 2 is 1.43 bits per heavy atom. The zero-order valence-corrected chi connectivity index (χ0v) is 20.4. The fourth-order valence-electron chi connectivity index (χ4n) is 2.71. The minimum atomic E-state index is -1.55. The number of aliphatic hydroxyl groups is 1. The van der Waals surface area contributed by atoms with Crippen LogP contribution >= 0.6 is 11.8 Å². The van der Waals surface area contributed by atoms with Gasteiger partial charge in [-0.15, -0.1) is 0 Å². The number of thioether (sulfide) groups is 1. The molecule has 0 aromatic heterocycles. The average Bonchev–Trinajstić information content (AvgIpc) is 2.79. The summed E-state index contributed by atoms with van der Waals surface area (Å²) in [4.78, 5) is 63.9. The molecule has 200 valence electrons. The summed E-state index contributed by atoms with van der Waals surface area (Å²) in [5, 5.41) is 25.4. The van der Waals surface area contributed by atoms with E-state index >= 15 is 0 Å². The first kappa shape index (κ1) is 31.9. The van der Waals surface area contributed by atoms with E-state index in [0.29, 0.717) is 12.2 Å². The highest BCUT2D eigenvalue weighted by molar-refractivity contribution is 7.98. The number of hydrogen-bond donors (Lipinski definition) is 9. The number of aliphatic imine (C=N–C) groups is 1. The largest absolute Gasteiger partial charge is 0.480 e. The number of hydrogen-bond acceptors (Lipinski definition) is 9. The molecule has 4 unspecified atom stereocenters. The van der Waals surface area contributed by atoms with Crippen LogP contribution in [0.4, 0.5) is 0 Å². The monoisotopic (exact) mass is 520 g/mol. The van der Waals surface area contributed by atoms with Crippen LogP contribution in [0.3, 0.4) is 0 Å². The molecular weight excluding hydrogens is 484 g/mol. The number of carboxylic acid groups (broad SMARTS) is 1. The van der Waals surface area contributed by atoms with Crippen molar-refractivity contribution in [3.8, 4) is 0 Å². The first-order valence-corrected chi connectivity index (χ1v) is 12.1. The van der Waals surface area contributed by atoms with E-state index in [1.807, 2.05) is 0 Å². The van der Waals surface area contributed by atoms with Crippen LogP contribution in [0.5, 0.6) is 0 Å². The number of primary amides is 1. The molecule has 0 aromatic rings. The lowest BCUT2D eigenvalue weighted by Crippen LogP contribution is -2.57. The van der Waals surface area contributed by atoms with Gasteiger partial charge in [0, 0.05) is 13.0 Å². The van der Waals surface area contributed by atoms with E-state index in [4.69, 9.17) is 33.1 Å². The Labute approximate surface area is 207 Å². The number of carbonyl (C=O) groups is 5. The van der Waals surface area contributed by atoms with Crippen molar-refractivity contribution in [2.75, 3.05) is 25.2 Å². The van der Waals surface area contributed by atoms with E-state index in [1.165, 1.54) is 11.8 Å². The molecule has 0 aliphatic heterocycles. The number of guanidine groups is 1. The van der Waals surface area contributed by atoms with Crippen molar-refractivity contribution in [2.24, 2.45) is 27.9 Å². The number of aliphatic hydroxyl groups excluding tert-OH is 1. The third kappa shape index (κ3) is 14.0. The smallest absolute Gasteiger partial charge is 0.328 e. The second-order valence-electron chi connectivity index (χ2n) is 7.55. The second-order valence-corrected chi connectivity index (χ2v) is 8.53. The van der Waals surface area contributed by atoms with Crippen LogP contribution in [0.25, 0.3) is 0 Å². The van der Waals surface area contributed by atoms with Gasteiger partial charge in [-0.3, -0.25) is 24.2 Å². The van der Waals surface area contributed by atoms with Gasteiger partial charge in [0.2, 0.25) is 23.6 Å². The minimum absolute atomic E-state index is 0.0278. The molecule has 13 N–H and O–H groups in total. The topological polar surface area (TPSA) is 278 Å². The molecule has 4 amide bonds. The first-order valence-electron chi connectivity index (χ1n) is 10.8. The number of carbonyl (C=O) groups excluding carboxylic acids is 4. The number of carboxylic acids is 1. The summed E-state index contributed by atoms with van der Waals surface area (Å²) in [5.41, 5.74) is 21.4. The quantitative estimate of drug-likeness (QED) is 0.0475. The maximum atomic E-state index is 13.0. The summed E-state index contributed by atoms with van der Waals surface area (Å²) in [6, 6.07) is -4.92. The minimum Gasteiger partial charge on any atom is -0.480 e. The molecule has 0 aliphatic carbocycles. The molecule has 0 spiro atoms. The van der Waals surface area contributed by atoms with Crippen LogP contribution in [0.1, 0.15) is 32.1 Å². The van der Waals surface area contributed by atoms with Crippen LogP contribution < -0.4 is 38.9 Å². The predicted octanol–water partition coefficient (Wildman–Crippen LogP) is -4.08. The van der Waals surface area contributed by atoms with Crippen molar-refractivity contribution in [3.05, 3.63) is 0 Å². The van der Waals surface area contributed by atoms with Gasteiger partial charge >= 0.3 is 5.97 Å². The summed E-state index contributed by atoms with van der Waals surface area (Å²) in [6.07, 6.45) is 2.17. The van der Waals surface area contributed by atoms with Crippen LogP contribution in [-0.2, 0) is 24.0 Å². The number of aliphatic carboxylic acids is 1. The molecule has 35 heavy (non-hydrogen) atoms. The van der Waals surface area contributed by atoms with E-state index < -0.39 is 60.4 Å². The zero-order chi connectivity index (χ0) is 27.0. The molecule has 0 aromatic carbocycles. The van der Waals surface area contributed by atoms with Crippen molar-refractivity contribution >= 4 is 47.3 Å². The Bertz CT molecular complexity index is 763. The summed E-state index contributed by atoms with van der Waals surface area (Å²) in [6.45, 7) is -0.667. The number of amides is 4. The maximum Gasteiger partial charge on any atom is 0.328 e. The Hall–Kier alpha value is -3.11. The van der Waals surface area contributed by atoms with Crippen LogP contribution in [0, 0.1) is 0 Å². The lowest BCUT2D eigenvalue weighted by atomic mass is 10.1. The van der Waals surface area contributed by atoms with E-state index in [2.05, 4.69) is 20.9 Å². The van der Waals surface area contributed by atoms with E-state index in [9.17, 15) is 24.0 Å². The normalized spacial score (nSPS) is 14.0. The Morgan fingerprint density at radius 1 is 0.886 bits per heavy atom. The molecule has 0 saturated heterocycles. The summed E-state index contributed by atoms with van der Waals surface area (Å²) in [7, 11) is 0. The molecule has 0 aliphatic rings. The van der Waals surface area contributed by atoms with Crippen molar-refractivity contribution in [3.63, 3.8) is 0 Å². The van der Waals surface area contributed by atoms with Gasteiger partial charge in [-0.2, -0.15) is 11.8 Å². The first-order chi connectivity index (χ1) is 16.4. The standard InChI is InChI=1S/C19H36N8O7S/c1-35-8-6-12(17(32)27-13(9-28)18(33)34)26-16(31)11(3-2-7-24-19(22)23)25-15(30)10(20)4-5-14(21)29/h10-13,28H,2-9,20H2,1H3,(H2,21,29)(H,25,30)(H,26,31)(H,27,32)(H,33,34)(H4,22,23,24).